The average Bonchev–Trinajstić information content (AvgIpc) is 3.26. The minimum atomic E-state index is -5.08. The van der Waals surface area contributed by atoms with Crippen LogP contribution >= 0.6 is 0 Å². The van der Waals surface area contributed by atoms with Gasteiger partial charge in [0.15, 0.2) is 0 Å². The molecule has 2 N–H and O–H groups in total. The molecule has 11 heteroatoms. The van der Waals surface area contributed by atoms with Crippen LogP contribution in [0.25, 0.3) is 0 Å². The molecule has 3 heterocycles. The first-order valence-corrected chi connectivity index (χ1v) is 11.1. The number of aryl methyl sites for hydroxylation is 1. The van der Waals surface area contributed by atoms with Crippen LogP contribution in [0.3, 0.4) is 0 Å². The van der Waals surface area contributed by atoms with Crippen molar-refractivity contribution in [1.82, 2.24) is 15.2 Å². The predicted molar refractivity (Wildman–Crippen MR) is 118 cm³/mol. The molecule has 3 atom stereocenters. The number of nitrogens with one attached hydrogen (secondary N) is 1. The maximum absolute atomic E-state index is 13.0. The van der Waals surface area contributed by atoms with E-state index < -0.39 is 18.2 Å². The number of nitrogens with zero attached hydrogens (tertiary/aromatic N) is 2. The number of alkyl halides is 3. The Morgan fingerprint density at radius 3 is 2.43 bits per heavy atom. The number of halogens is 3. The van der Waals surface area contributed by atoms with Crippen LogP contribution in [0.1, 0.15) is 40.9 Å². The normalized spacial score (nSPS) is 21.4. The molecule has 2 aromatic rings. The standard InChI is InChI=1S/C22H25N3O3.C2HF3O2/c1-15-6-2-3-8-17(15)22(27)25-13-11-19-18(25)9-10-20(28-19)21(26)24-14-16-7-4-5-12-23-16;3-2(4,5)1(6)7/h2-8,12,18-20H,9-11,13-14H2,1H3,(H,24,26);(H,6,7)/t18-,19-,20-;/m1./s1. The first-order valence-electron chi connectivity index (χ1n) is 11.1. The maximum atomic E-state index is 13.0. The quantitative estimate of drug-likeness (QED) is 0.678. The summed E-state index contributed by atoms with van der Waals surface area (Å²) < 4.78 is 37.8. The number of benzene rings is 1. The summed E-state index contributed by atoms with van der Waals surface area (Å²) in [4.78, 5) is 40.5. The van der Waals surface area contributed by atoms with E-state index in [1.165, 1.54) is 0 Å². The molecule has 2 aliphatic heterocycles. The molecule has 4 rings (SSSR count). The number of fused-ring (bicyclic) bond motifs is 1. The number of hydrogen-bond acceptors (Lipinski definition) is 5. The molecular formula is C24H26F3N3O5. The SMILES string of the molecule is Cc1ccccc1C(=O)N1CC[C@H]2O[C@@H](C(=O)NCc3ccccn3)CC[C@H]21.O=C(O)C(F)(F)F. The fourth-order valence-corrected chi connectivity index (χ4v) is 4.13. The second-order valence-corrected chi connectivity index (χ2v) is 8.25. The summed E-state index contributed by atoms with van der Waals surface area (Å²) in [5, 5.41) is 10.0. The molecule has 8 nitrogen and oxygen atoms in total. The van der Waals surface area contributed by atoms with Gasteiger partial charge in [-0.3, -0.25) is 14.6 Å². The molecule has 0 aliphatic carbocycles. The molecule has 0 radical (unpaired) electrons. The summed E-state index contributed by atoms with van der Waals surface area (Å²) in [6, 6.07) is 13.3. The Morgan fingerprint density at radius 1 is 1.11 bits per heavy atom. The minimum Gasteiger partial charge on any atom is -0.475 e. The molecule has 2 fully saturated rings. The van der Waals surface area contributed by atoms with Gasteiger partial charge in [0, 0.05) is 18.3 Å². The second kappa shape index (κ2) is 11.3. The summed E-state index contributed by atoms with van der Waals surface area (Å²) in [7, 11) is 0. The van der Waals surface area contributed by atoms with E-state index in [9.17, 15) is 22.8 Å². The highest BCUT2D eigenvalue weighted by Gasteiger charge is 2.43. The number of likely N-dealkylation sites (tertiary alicyclic amines) is 1. The number of carboxylic acid groups (broad SMARTS) is 1. The van der Waals surface area contributed by atoms with Crippen molar-refractivity contribution in [3.63, 3.8) is 0 Å². The van der Waals surface area contributed by atoms with Gasteiger partial charge in [0.25, 0.3) is 5.91 Å². The number of carbonyl (C=O) groups is 3. The van der Waals surface area contributed by atoms with Crippen molar-refractivity contribution in [3.05, 3.63) is 65.5 Å². The monoisotopic (exact) mass is 493 g/mol. The molecule has 0 unspecified atom stereocenters. The fourth-order valence-electron chi connectivity index (χ4n) is 4.13. The van der Waals surface area contributed by atoms with E-state index >= 15 is 0 Å². The molecule has 2 saturated heterocycles. The summed E-state index contributed by atoms with van der Waals surface area (Å²) in [5.41, 5.74) is 2.55. The van der Waals surface area contributed by atoms with Crippen LogP contribution in [0.4, 0.5) is 13.2 Å². The lowest BCUT2D eigenvalue weighted by atomic mass is 9.98. The van der Waals surface area contributed by atoms with E-state index in [1.54, 1.807) is 6.20 Å². The lowest BCUT2D eigenvalue weighted by Gasteiger charge is -2.35. The van der Waals surface area contributed by atoms with Gasteiger partial charge in [-0.05, 0) is 49.9 Å². The van der Waals surface area contributed by atoms with Crippen LogP contribution in [0.15, 0.2) is 48.7 Å². The molecule has 1 aromatic heterocycles. The number of ether oxygens (including phenoxy) is 1. The Kier molecular flexibility index (Phi) is 8.44. The predicted octanol–water partition coefficient (Wildman–Crippen LogP) is 3.10. The van der Waals surface area contributed by atoms with Gasteiger partial charge in [-0.15, -0.1) is 0 Å². The third-order valence-electron chi connectivity index (χ3n) is 5.89. The number of amides is 2. The van der Waals surface area contributed by atoms with Gasteiger partial charge in [0.1, 0.15) is 6.10 Å². The highest BCUT2D eigenvalue weighted by Crippen LogP contribution is 2.33. The summed E-state index contributed by atoms with van der Waals surface area (Å²) >= 11 is 0. The highest BCUT2D eigenvalue weighted by atomic mass is 19.4. The fraction of sp³-hybridized carbons (Fsp3) is 0.417. The third-order valence-corrected chi connectivity index (χ3v) is 5.89. The Hall–Kier alpha value is -3.47. The smallest absolute Gasteiger partial charge is 0.475 e. The van der Waals surface area contributed by atoms with Crippen LogP contribution in [0.5, 0.6) is 0 Å². The zero-order valence-corrected chi connectivity index (χ0v) is 19.0. The number of pyridine rings is 1. The van der Waals surface area contributed by atoms with E-state index in [0.29, 0.717) is 19.5 Å². The van der Waals surface area contributed by atoms with Gasteiger partial charge in [-0.25, -0.2) is 4.79 Å². The van der Waals surface area contributed by atoms with Crippen LogP contribution in [0.2, 0.25) is 0 Å². The molecule has 35 heavy (non-hydrogen) atoms. The first kappa shape index (κ1) is 26.1. The number of hydrogen-bond donors (Lipinski definition) is 2. The van der Waals surface area contributed by atoms with Crippen molar-refractivity contribution >= 4 is 17.8 Å². The molecule has 0 saturated carbocycles. The van der Waals surface area contributed by atoms with Crippen LogP contribution in [-0.2, 0) is 20.9 Å². The summed E-state index contributed by atoms with van der Waals surface area (Å²) in [6.07, 6.45) is -1.74. The van der Waals surface area contributed by atoms with Crippen molar-refractivity contribution in [2.45, 2.75) is 57.2 Å². The molecule has 2 aliphatic rings. The van der Waals surface area contributed by atoms with E-state index in [-0.39, 0.29) is 24.0 Å². The van der Waals surface area contributed by atoms with Crippen molar-refractivity contribution in [2.24, 2.45) is 0 Å². The van der Waals surface area contributed by atoms with Crippen LogP contribution in [0, 0.1) is 6.92 Å². The first-order chi connectivity index (χ1) is 16.6. The van der Waals surface area contributed by atoms with E-state index in [2.05, 4.69) is 10.3 Å². The van der Waals surface area contributed by atoms with E-state index in [4.69, 9.17) is 14.6 Å². The molecule has 188 valence electrons. The van der Waals surface area contributed by atoms with Gasteiger partial charge >= 0.3 is 12.1 Å². The molecule has 0 spiro atoms. The Bertz CT molecular complexity index is 1050. The van der Waals surface area contributed by atoms with Gasteiger partial charge < -0.3 is 20.1 Å². The number of aromatic nitrogens is 1. The highest BCUT2D eigenvalue weighted by molar-refractivity contribution is 5.96. The van der Waals surface area contributed by atoms with Crippen LogP contribution < -0.4 is 5.32 Å². The van der Waals surface area contributed by atoms with E-state index in [0.717, 1.165) is 29.7 Å². The maximum Gasteiger partial charge on any atom is 0.490 e. The molecule has 0 bridgehead atoms. The summed E-state index contributed by atoms with van der Waals surface area (Å²) in [6.45, 7) is 3.02. The van der Waals surface area contributed by atoms with Crippen molar-refractivity contribution in [2.75, 3.05) is 6.54 Å². The average molecular weight is 493 g/mol. The molecule has 2 amide bonds. The number of rotatable bonds is 4. The van der Waals surface area contributed by atoms with Crippen molar-refractivity contribution in [3.8, 4) is 0 Å². The third kappa shape index (κ3) is 6.78. The van der Waals surface area contributed by atoms with Crippen molar-refractivity contribution < 1.29 is 37.4 Å². The number of carbonyl (C=O) groups excluding carboxylic acids is 2. The van der Waals surface area contributed by atoms with E-state index in [1.807, 2.05) is 54.3 Å². The topological polar surface area (TPSA) is 109 Å². The number of carboxylic acids is 1. The zero-order chi connectivity index (χ0) is 25.6. The zero-order valence-electron chi connectivity index (χ0n) is 19.0. The van der Waals surface area contributed by atoms with Gasteiger partial charge in [0.05, 0.1) is 24.4 Å². The number of aliphatic carboxylic acids is 1. The minimum absolute atomic E-state index is 0.0481. The van der Waals surface area contributed by atoms with Crippen LogP contribution in [-0.4, -0.2) is 63.7 Å². The lowest BCUT2D eigenvalue weighted by Crippen LogP contribution is -2.49. The Balaban J connectivity index is 0.000000429. The van der Waals surface area contributed by atoms with Gasteiger partial charge in [0.2, 0.25) is 5.91 Å². The Morgan fingerprint density at radius 2 is 1.80 bits per heavy atom. The van der Waals surface area contributed by atoms with Gasteiger partial charge in [-0.2, -0.15) is 13.2 Å². The summed E-state index contributed by atoms with van der Waals surface area (Å²) in [5.74, 6) is -2.80. The Labute approximate surface area is 200 Å². The second-order valence-electron chi connectivity index (χ2n) is 8.25. The molecule has 1 aromatic carbocycles. The van der Waals surface area contributed by atoms with Crippen molar-refractivity contribution in [1.29, 1.82) is 0 Å². The van der Waals surface area contributed by atoms with Gasteiger partial charge in [-0.1, -0.05) is 24.3 Å². The largest absolute Gasteiger partial charge is 0.490 e. The lowest BCUT2D eigenvalue weighted by molar-refractivity contribution is -0.192. The molecular weight excluding hydrogens is 467 g/mol.